The summed E-state index contributed by atoms with van der Waals surface area (Å²) in [4.78, 5) is 22.9. The maximum Gasteiger partial charge on any atom is 0.269 e. The maximum absolute atomic E-state index is 12.2. The van der Waals surface area contributed by atoms with Gasteiger partial charge in [0, 0.05) is 19.8 Å². The zero-order chi connectivity index (χ0) is 14.7. The molecule has 2 aromatic heterocycles. The average molecular weight is 291 g/mol. The molecule has 0 fully saturated rings. The predicted molar refractivity (Wildman–Crippen MR) is 82.4 cm³/mol. The van der Waals surface area contributed by atoms with Gasteiger partial charge in [0.25, 0.3) is 5.91 Å². The highest BCUT2D eigenvalue weighted by molar-refractivity contribution is 7.18. The molecule has 2 heterocycles. The van der Waals surface area contributed by atoms with Crippen LogP contribution in [0.1, 0.15) is 22.3 Å². The summed E-state index contributed by atoms with van der Waals surface area (Å²) in [5.74, 6) is -0.00352. The summed E-state index contributed by atoms with van der Waals surface area (Å²) in [5.41, 5.74) is 7.26. The first-order valence-electron chi connectivity index (χ1n) is 6.23. The molecule has 6 nitrogen and oxygen atoms in total. The topological polar surface area (TPSA) is 84.1 Å². The Morgan fingerprint density at radius 3 is 2.95 bits per heavy atom. The maximum atomic E-state index is 12.2. The van der Waals surface area contributed by atoms with Crippen molar-refractivity contribution in [2.45, 2.75) is 13.8 Å². The summed E-state index contributed by atoms with van der Waals surface area (Å²) in [6, 6.07) is 3.57. The summed E-state index contributed by atoms with van der Waals surface area (Å²) in [7, 11) is 1.91. The van der Waals surface area contributed by atoms with E-state index >= 15 is 0 Å². The van der Waals surface area contributed by atoms with E-state index in [1.807, 2.05) is 25.8 Å². The van der Waals surface area contributed by atoms with Crippen LogP contribution in [0.4, 0.5) is 16.6 Å². The second-order valence-corrected chi connectivity index (χ2v) is 5.29. The number of pyridine rings is 1. The third-order valence-electron chi connectivity index (χ3n) is 2.90. The third kappa shape index (κ3) is 2.88. The van der Waals surface area contributed by atoms with E-state index in [9.17, 15) is 4.79 Å². The lowest BCUT2D eigenvalue weighted by Crippen LogP contribution is -2.15. The van der Waals surface area contributed by atoms with Crippen LogP contribution in [0.15, 0.2) is 18.3 Å². The van der Waals surface area contributed by atoms with E-state index in [4.69, 9.17) is 5.73 Å². The van der Waals surface area contributed by atoms with Gasteiger partial charge in [-0.15, -0.1) is 0 Å². The molecule has 2 rings (SSSR count). The number of aryl methyl sites for hydroxylation is 1. The number of carbonyl (C=O) groups is 1. The molecule has 0 unspecified atom stereocenters. The Hall–Kier alpha value is -2.15. The summed E-state index contributed by atoms with van der Waals surface area (Å²) < 4.78 is 0. The van der Waals surface area contributed by atoms with E-state index in [-0.39, 0.29) is 11.7 Å². The highest BCUT2D eigenvalue weighted by Crippen LogP contribution is 2.28. The third-order valence-corrected chi connectivity index (χ3v) is 4.09. The number of nitrogen functional groups attached to an aromatic ring is 1. The van der Waals surface area contributed by atoms with E-state index in [0.717, 1.165) is 17.4 Å². The Labute approximate surface area is 121 Å². The Kier molecular flexibility index (Phi) is 4.19. The molecule has 0 saturated carbocycles. The van der Waals surface area contributed by atoms with E-state index < -0.39 is 0 Å². The fourth-order valence-corrected chi connectivity index (χ4v) is 2.48. The van der Waals surface area contributed by atoms with Gasteiger partial charge in [-0.2, -0.15) is 0 Å². The van der Waals surface area contributed by atoms with Crippen molar-refractivity contribution in [2.75, 3.05) is 29.5 Å². The van der Waals surface area contributed by atoms with E-state index in [2.05, 4.69) is 15.3 Å². The van der Waals surface area contributed by atoms with E-state index in [0.29, 0.717) is 10.6 Å². The van der Waals surface area contributed by atoms with Gasteiger partial charge in [-0.1, -0.05) is 11.3 Å². The highest BCUT2D eigenvalue weighted by atomic mass is 32.1. The van der Waals surface area contributed by atoms with Gasteiger partial charge in [0.2, 0.25) is 0 Å². The predicted octanol–water partition coefficient (Wildman–Crippen LogP) is 2.14. The number of hydrogen-bond acceptors (Lipinski definition) is 6. The average Bonchev–Trinajstić information content (AvgIpc) is 2.82. The quantitative estimate of drug-likeness (QED) is 0.901. The van der Waals surface area contributed by atoms with E-state index in [1.165, 1.54) is 11.3 Å². The molecule has 0 radical (unpaired) electrons. The van der Waals surface area contributed by atoms with Crippen molar-refractivity contribution in [1.82, 2.24) is 9.97 Å². The van der Waals surface area contributed by atoms with Gasteiger partial charge in [0.15, 0.2) is 5.13 Å². The lowest BCUT2D eigenvalue weighted by atomic mass is 10.3. The molecular weight excluding hydrogens is 274 g/mol. The number of nitrogens with two attached hydrogens (primary N) is 1. The van der Waals surface area contributed by atoms with Crippen LogP contribution in [0.25, 0.3) is 0 Å². The minimum atomic E-state index is -0.258. The van der Waals surface area contributed by atoms with E-state index in [1.54, 1.807) is 18.3 Å². The molecule has 0 aliphatic heterocycles. The standard InChI is InChI=1S/C13H17N5OS/c1-4-18(3)13-17-11(14)10(20-13)12(19)16-9-6-5-7-15-8(9)2/h5-7H,4,14H2,1-3H3,(H,16,19). The molecule has 0 aliphatic carbocycles. The van der Waals surface area contributed by atoms with Crippen molar-refractivity contribution >= 4 is 33.9 Å². The molecule has 106 valence electrons. The number of rotatable bonds is 4. The van der Waals surface area contributed by atoms with Gasteiger partial charge >= 0.3 is 0 Å². The van der Waals surface area contributed by atoms with Crippen LogP contribution in [-0.2, 0) is 0 Å². The molecule has 1 amide bonds. The first-order chi connectivity index (χ1) is 9.52. The number of anilines is 3. The number of carbonyl (C=O) groups excluding carboxylic acids is 1. The van der Waals surface area contributed by atoms with Crippen LogP contribution in [-0.4, -0.2) is 29.5 Å². The molecule has 0 aliphatic rings. The first kappa shape index (κ1) is 14.3. The highest BCUT2D eigenvalue weighted by Gasteiger charge is 2.18. The SMILES string of the molecule is CCN(C)c1nc(N)c(C(=O)Nc2cccnc2C)s1. The van der Waals surface area contributed by atoms with Gasteiger partial charge in [0.05, 0.1) is 11.4 Å². The monoisotopic (exact) mass is 291 g/mol. The molecule has 0 aromatic carbocycles. The molecule has 0 atom stereocenters. The molecule has 7 heteroatoms. The Balaban J connectivity index is 2.22. The zero-order valence-electron chi connectivity index (χ0n) is 11.7. The molecule has 2 aromatic rings. The molecule has 0 saturated heterocycles. The van der Waals surface area contributed by atoms with Crippen molar-refractivity contribution in [3.63, 3.8) is 0 Å². The van der Waals surface area contributed by atoms with Crippen molar-refractivity contribution in [2.24, 2.45) is 0 Å². The molecular formula is C13H17N5OS. The van der Waals surface area contributed by atoms with Gasteiger partial charge in [-0.25, -0.2) is 4.98 Å². The smallest absolute Gasteiger partial charge is 0.269 e. The lowest BCUT2D eigenvalue weighted by molar-refractivity contribution is 0.103. The number of nitrogens with zero attached hydrogens (tertiary/aromatic N) is 3. The van der Waals surface area contributed by atoms with Crippen LogP contribution >= 0.6 is 11.3 Å². The largest absolute Gasteiger partial charge is 0.382 e. The second-order valence-electron chi connectivity index (χ2n) is 4.32. The summed E-state index contributed by atoms with van der Waals surface area (Å²) in [6.07, 6.45) is 1.68. The van der Waals surface area contributed by atoms with Gasteiger partial charge in [-0.05, 0) is 26.0 Å². The van der Waals surface area contributed by atoms with Crippen LogP contribution in [0.3, 0.4) is 0 Å². The Morgan fingerprint density at radius 1 is 1.55 bits per heavy atom. The first-order valence-corrected chi connectivity index (χ1v) is 7.05. The normalized spacial score (nSPS) is 10.3. The fraction of sp³-hybridized carbons (Fsp3) is 0.308. The molecule has 0 spiro atoms. The van der Waals surface area contributed by atoms with Crippen LogP contribution < -0.4 is 16.0 Å². The van der Waals surface area contributed by atoms with Gasteiger partial charge in [-0.3, -0.25) is 9.78 Å². The summed E-state index contributed by atoms with van der Waals surface area (Å²) in [5, 5.41) is 3.54. The van der Waals surface area contributed by atoms with Crippen LogP contribution in [0.5, 0.6) is 0 Å². The van der Waals surface area contributed by atoms with Crippen molar-refractivity contribution in [3.8, 4) is 0 Å². The second kappa shape index (κ2) is 5.87. The molecule has 0 bridgehead atoms. The number of amides is 1. The van der Waals surface area contributed by atoms with Crippen LogP contribution in [0.2, 0.25) is 0 Å². The van der Waals surface area contributed by atoms with Crippen LogP contribution in [0, 0.1) is 6.92 Å². The summed E-state index contributed by atoms with van der Waals surface area (Å²) >= 11 is 1.28. The molecule has 20 heavy (non-hydrogen) atoms. The number of thiazole rings is 1. The molecule has 3 N–H and O–H groups in total. The number of aromatic nitrogens is 2. The minimum Gasteiger partial charge on any atom is -0.382 e. The zero-order valence-corrected chi connectivity index (χ0v) is 12.5. The van der Waals surface area contributed by atoms with Gasteiger partial charge < -0.3 is 16.0 Å². The Morgan fingerprint density at radius 2 is 2.30 bits per heavy atom. The van der Waals surface area contributed by atoms with Crippen molar-refractivity contribution in [3.05, 3.63) is 28.9 Å². The fourth-order valence-electron chi connectivity index (χ4n) is 1.58. The lowest BCUT2D eigenvalue weighted by Gasteiger charge is -2.10. The van der Waals surface area contributed by atoms with Gasteiger partial charge in [0.1, 0.15) is 10.7 Å². The Bertz CT molecular complexity index is 625. The summed E-state index contributed by atoms with van der Waals surface area (Å²) in [6.45, 7) is 4.65. The van der Waals surface area contributed by atoms with Crippen molar-refractivity contribution in [1.29, 1.82) is 0 Å². The number of hydrogen-bond donors (Lipinski definition) is 2. The van der Waals surface area contributed by atoms with Crippen molar-refractivity contribution < 1.29 is 4.79 Å². The minimum absolute atomic E-state index is 0.254. The number of nitrogens with one attached hydrogen (secondary N) is 1.